The van der Waals surface area contributed by atoms with E-state index in [0.717, 1.165) is 0 Å². The first-order valence-corrected chi connectivity index (χ1v) is 5.20. The third-order valence-electron chi connectivity index (χ3n) is 1.83. The minimum atomic E-state index is -0.126. The van der Waals surface area contributed by atoms with Crippen molar-refractivity contribution >= 4 is 16.5 Å². The lowest BCUT2D eigenvalue weighted by Crippen LogP contribution is -2.20. The predicted octanol–water partition coefficient (Wildman–Crippen LogP) is 0.364. The monoisotopic (exact) mass is 223 g/mol. The molecule has 0 atom stereocenters. The summed E-state index contributed by atoms with van der Waals surface area (Å²) < 4.78 is 1.37. The quantitative estimate of drug-likeness (QED) is 0.794. The van der Waals surface area contributed by atoms with Gasteiger partial charge in [-0.15, -0.1) is 10.2 Å². The molecule has 0 amide bonds. The summed E-state index contributed by atoms with van der Waals surface area (Å²) >= 11 is 1.24. The second-order valence-corrected chi connectivity index (χ2v) is 3.83. The minimum Gasteiger partial charge on any atom is -0.374 e. The average Bonchev–Trinajstić information content (AvgIpc) is 2.66. The first-order valence-electron chi connectivity index (χ1n) is 4.38. The van der Waals surface area contributed by atoms with Crippen molar-refractivity contribution in [3.8, 4) is 10.7 Å². The molecule has 0 aliphatic heterocycles. The van der Waals surface area contributed by atoms with E-state index in [2.05, 4.69) is 15.3 Å². The Hall–Kier alpha value is -1.76. The Morgan fingerprint density at radius 2 is 2.27 bits per heavy atom. The molecule has 0 aliphatic rings. The molecule has 0 aliphatic carbocycles. The fourth-order valence-electron chi connectivity index (χ4n) is 1.13. The Labute approximate surface area is 89.4 Å². The lowest BCUT2D eigenvalue weighted by molar-refractivity contribution is 0.618. The Balaban J connectivity index is 2.50. The van der Waals surface area contributed by atoms with Crippen molar-refractivity contribution in [3.05, 3.63) is 22.5 Å². The van der Waals surface area contributed by atoms with Crippen LogP contribution >= 0.6 is 11.3 Å². The van der Waals surface area contributed by atoms with Gasteiger partial charge in [-0.2, -0.15) is 5.10 Å². The molecule has 0 saturated carbocycles. The normalized spacial score (nSPS) is 10.5. The van der Waals surface area contributed by atoms with Gasteiger partial charge < -0.3 is 5.73 Å². The highest BCUT2D eigenvalue weighted by molar-refractivity contribution is 7.18. The molecule has 78 valence electrons. The number of aromatic nitrogens is 4. The molecule has 0 saturated heterocycles. The second kappa shape index (κ2) is 3.77. The summed E-state index contributed by atoms with van der Waals surface area (Å²) in [6, 6.07) is 3.08. The predicted molar refractivity (Wildman–Crippen MR) is 57.5 cm³/mol. The van der Waals surface area contributed by atoms with Crippen LogP contribution in [0.3, 0.4) is 0 Å². The van der Waals surface area contributed by atoms with Crippen LogP contribution in [0.25, 0.3) is 10.7 Å². The summed E-state index contributed by atoms with van der Waals surface area (Å²) in [4.78, 5) is 11.3. The van der Waals surface area contributed by atoms with Gasteiger partial charge in [-0.3, -0.25) is 4.79 Å². The highest BCUT2D eigenvalue weighted by Gasteiger charge is 2.07. The standard InChI is InChI=1S/C8H9N5OS/c1-2-13-6(14)4-3-5(12-13)7-10-11-8(9)15-7/h3-4H,2H2,1H3,(H2,9,11). The van der Waals surface area contributed by atoms with E-state index >= 15 is 0 Å². The molecule has 0 spiro atoms. The lowest BCUT2D eigenvalue weighted by atomic mass is 10.4. The fraction of sp³-hybridized carbons (Fsp3) is 0.250. The SMILES string of the molecule is CCn1nc(-c2nnc(N)s2)ccc1=O. The van der Waals surface area contributed by atoms with Gasteiger partial charge in [0.1, 0.15) is 5.69 Å². The zero-order valence-corrected chi connectivity index (χ0v) is 8.86. The smallest absolute Gasteiger partial charge is 0.266 e. The molecular weight excluding hydrogens is 214 g/mol. The highest BCUT2D eigenvalue weighted by Crippen LogP contribution is 2.21. The van der Waals surface area contributed by atoms with E-state index < -0.39 is 0 Å². The van der Waals surface area contributed by atoms with E-state index in [1.165, 1.54) is 22.1 Å². The van der Waals surface area contributed by atoms with Gasteiger partial charge in [0.25, 0.3) is 5.56 Å². The number of nitrogen functional groups attached to an aromatic ring is 1. The first kappa shape index (κ1) is 9.78. The Kier molecular flexibility index (Phi) is 2.46. The molecule has 2 aromatic rings. The number of nitrogens with two attached hydrogens (primary N) is 1. The summed E-state index contributed by atoms with van der Waals surface area (Å²) in [7, 11) is 0. The largest absolute Gasteiger partial charge is 0.374 e. The van der Waals surface area contributed by atoms with Gasteiger partial charge in [-0.1, -0.05) is 11.3 Å². The van der Waals surface area contributed by atoms with Crippen LogP contribution in [-0.4, -0.2) is 20.0 Å². The van der Waals surface area contributed by atoms with Crippen LogP contribution in [0.2, 0.25) is 0 Å². The van der Waals surface area contributed by atoms with Crippen LogP contribution in [0.5, 0.6) is 0 Å². The van der Waals surface area contributed by atoms with Gasteiger partial charge in [0, 0.05) is 12.6 Å². The summed E-state index contributed by atoms with van der Waals surface area (Å²) in [5.41, 5.74) is 5.96. The molecule has 2 N–H and O–H groups in total. The number of nitrogens with zero attached hydrogens (tertiary/aromatic N) is 4. The zero-order chi connectivity index (χ0) is 10.8. The van der Waals surface area contributed by atoms with Crippen molar-refractivity contribution in [2.24, 2.45) is 0 Å². The molecule has 0 aromatic carbocycles. The molecule has 6 nitrogen and oxygen atoms in total. The van der Waals surface area contributed by atoms with Crippen LogP contribution in [0.15, 0.2) is 16.9 Å². The maximum atomic E-state index is 11.3. The minimum absolute atomic E-state index is 0.126. The number of anilines is 1. The fourth-order valence-corrected chi connectivity index (χ4v) is 1.70. The summed E-state index contributed by atoms with van der Waals surface area (Å²) in [5.74, 6) is 0. The molecule has 7 heteroatoms. The van der Waals surface area contributed by atoms with Crippen molar-refractivity contribution in [2.75, 3.05) is 5.73 Å². The average molecular weight is 223 g/mol. The molecular formula is C8H9N5OS. The number of rotatable bonds is 2. The van der Waals surface area contributed by atoms with Gasteiger partial charge in [0.15, 0.2) is 5.01 Å². The molecule has 2 rings (SSSR count). The maximum Gasteiger partial charge on any atom is 0.266 e. The van der Waals surface area contributed by atoms with Crippen molar-refractivity contribution in [2.45, 2.75) is 13.5 Å². The van der Waals surface area contributed by atoms with Gasteiger partial charge >= 0.3 is 0 Å². The number of hydrogen-bond donors (Lipinski definition) is 1. The summed E-state index contributed by atoms with van der Waals surface area (Å²) in [5, 5.41) is 12.7. The molecule has 0 unspecified atom stereocenters. The molecule has 2 aromatic heterocycles. The molecule has 0 radical (unpaired) electrons. The highest BCUT2D eigenvalue weighted by atomic mass is 32.1. The maximum absolute atomic E-state index is 11.3. The number of hydrogen-bond acceptors (Lipinski definition) is 6. The van der Waals surface area contributed by atoms with Crippen LogP contribution in [0, 0.1) is 0 Å². The van der Waals surface area contributed by atoms with Crippen LogP contribution < -0.4 is 11.3 Å². The molecule has 2 heterocycles. The summed E-state index contributed by atoms with van der Waals surface area (Å²) in [6.45, 7) is 2.38. The zero-order valence-electron chi connectivity index (χ0n) is 8.04. The van der Waals surface area contributed by atoms with Crippen molar-refractivity contribution < 1.29 is 0 Å². The van der Waals surface area contributed by atoms with E-state index in [0.29, 0.717) is 22.4 Å². The lowest BCUT2D eigenvalue weighted by Gasteiger charge is -2.00. The van der Waals surface area contributed by atoms with Crippen molar-refractivity contribution in [1.29, 1.82) is 0 Å². The second-order valence-electron chi connectivity index (χ2n) is 2.82. The van der Waals surface area contributed by atoms with Gasteiger partial charge in [0.2, 0.25) is 5.13 Å². The molecule has 0 bridgehead atoms. The van der Waals surface area contributed by atoms with Crippen LogP contribution in [0.1, 0.15) is 6.92 Å². The van der Waals surface area contributed by atoms with Gasteiger partial charge in [0.05, 0.1) is 0 Å². The van der Waals surface area contributed by atoms with E-state index in [-0.39, 0.29) is 5.56 Å². The van der Waals surface area contributed by atoms with Crippen LogP contribution in [0.4, 0.5) is 5.13 Å². The van der Waals surface area contributed by atoms with Gasteiger partial charge in [-0.25, -0.2) is 4.68 Å². The van der Waals surface area contributed by atoms with Crippen molar-refractivity contribution in [3.63, 3.8) is 0 Å². The Bertz CT molecular complexity index is 532. The van der Waals surface area contributed by atoms with Crippen LogP contribution in [-0.2, 0) is 6.54 Å². The topological polar surface area (TPSA) is 86.7 Å². The van der Waals surface area contributed by atoms with E-state index in [9.17, 15) is 4.79 Å². The van der Waals surface area contributed by atoms with E-state index in [1.807, 2.05) is 6.92 Å². The van der Waals surface area contributed by atoms with Crippen molar-refractivity contribution in [1.82, 2.24) is 20.0 Å². The first-order chi connectivity index (χ1) is 7.20. The molecule has 15 heavy (non-hydrogen) atoms. The Morgan fingerprint density at radius 3 is 2.87 bits per heavy atom. The molecule has 0 fully saturated rings. The summed E-state index contributed by atoms with van der Waals surface area (Å²) in [6.07, 6.45) is 0. The van der Waals surface area contributed by atoms with E-state index in [1.54, 1.807) is 6.07 Å². The third-order valence-corrected chi connectivity index (χ3v) is 2.60. The van der Waals surface area contributed by atoms with E-state index in [4.69, 9.17) is 5.73 Å². The van der Waals surface area contributed by atoms with Gasteiger partial charge in [-0.05, 0) is 13.0 Å². The third kappa shape index (κ3) is 1.86. The number of aryl methyl sites for hydroxylation is 1. The Morgan fingerprint density at radius 1 is 1.47 bits per heavy atom.